The molecule has 1 amide bonds. The van der Waals surface area contributed by atoms with Gasteiger partial charge in [-0.2, -0.15) is 0 Å². The van der Waals surface area contributed by atoms with Crippen LogP contribution in [0, 0.1) is 0 Å². The Balaban J connectivity index is 1.63. The number of aliphatic hydroxyl groups is 1. The number of para-hydroxylation sites is 1. The number of carbonyl (C=O) groups excluding carboxylic acids is 1. The summed E-state index contributed by atoms with van der Waals surface area (Å²) in [5.74, 6) is 0.202. The summed E-state index contributed by atoms with van der Waals surface area (Å²) in [6.45, 7) is 8.10. The van der Waals surface area contributed by atoms with E-state index in [4.69, 9.17) is 5.11 Å². The van der Waals surface area contributed by atoms with Crippen molar-refractivity contribution in [2.45, 2.75) is 23.5 Å². The van der Waals surface area contributed by atoms with Gasteiger partial charge < -0.3 is 10.0 Å². The lowest BCUT2D eigenvalue weighted by molar-refractivity contribution is -0.120. The Labute approximate surface area is 148 Å². The van der Waals surface area contributed by atoms with Gasteiger partial charge in [-0.15, -0.1) is 11.8 Å². The van der Waals surface area contributed by atoms with Crippen molar-refractivity contribution in [1.29, 1.82) is 0 Å². The lowest BCUT2D eigenvalue weighted by atomic mass is 10.2. The summed E-state index contributed by atoms with van der Waals surface area (Å²) in [4.78, 5) is 20.6. The number of β-amino-alcohol motifs (C(OH)–C–C–N with tert-alkyl or cyclic N) is 1. The smallest absolute Gasteiger partial charge is 0.241 e. The van der Waals surface area contributed by atoms with Gasteiger partial charge in [0.25, 0.3) is 0 Å². The van der Waals surface area contributed by atoms with Crippen molar-refractivity contribution < 1.29 is 9.90 Å². The average Bonchev–Trinajstić information content (AvgIpc) is 2.75. The monoisotopic (exact) mass is 349 g/mol. The van der Waals surface area contributed by atoms with Crippen LogP contribution in [0.4, 0.5) is 5.69 Å². The van der Waals surface area contributed by atoms with E-state index in [0.717, 1.165) is 51.4 Å². The fourth-order valence-electron chi connectivity index (χ4n) is 3.33. The molecule has 0 bridgehead atoms. The third-order valence-corrected chi connectivity index (χ3v) is 6.02. The fraction of sp³-hybridized carbons (Fsp3) is 0.611. The summed E-state index contributed by atoms with van der Waals surface area (Å²) in [5, 5.41) is 9.56. The molecule has 1 fully saturated rings. The van der Waals surface area contributed by atoms with Crippen molar-refractivity contribution in [2.75, 3.05) is 57.3 Å². The van der Waals surface area contributed by atoms with Crippen LogP contribution in [0.5, 0.6) is 0 Å². The molecule has 0 saturated carbocycles. The second-order valence-electron chi connectivity index (χ2n) is 6.57. The number of aliphatic hydroxyl groups excluding tert-OH is 1. The highest BCUT2D eigenvalue weighted by Crippen LogP contribution is 2.37. The predicted molar refractivity (Wildman–Crippen MR) is 98.7 cm³/mol. The van der Waals surface area contributed by atoms with E-state index in [1.54, 1.807) is 0 Å². The molecule has 5 nitrogen and oxygen atoms in total. The first-order chi connectivity index (χ1) is 11.7. The lowest BCUT2D eigenvalue weighted by Gasteiger charge is -2.35. The molecule has 3 rings (SSSR count). The normalized spacial score (nSPS) is 22.9. The highest BCUT2D eigenvalue weighted by Gasteiger charge is 2.26. The van der Waals surface area contributed by atoms with Crippen LogP contribution in [0.15, 0.2) is 29.2 Å². The van der Waals surface area contributed by atoms with Crippen LogP contribution in [0.3, 0.4) is 0 Å². The first-order valence-electron chi connectivity index (χ1n) is 8.79. The van der Waals surface area contributed by atoms with Gasteiger partial charge in [0.15, 0.2) is 0 Å². The fourth-order valence-corrected chi connectivity index (χ4v) is 4.45. The Bertz CT molecular complexity index is 561. The molecule has 0 spiro atoms. The van der Waals surface area contributed by atoms with E-state index in [1.807, 2.05) is 28.8 Å². The summed E-state index contributed by atoms with van der Waals surface area (Å²) in [6.07, 6.45) is 1.02. The first-order valence-corrected chi connectivity index (χ1v) is 9.67. The van der Waals surface area contributed by atoms with Crippen molar-refractivity contribution in [3.63, 3.8) is 0 Å². The Kier molecular flexibility index (Phi) is 6.16. The topological polar surface area (TPSA) is 47.0 Å². The van der Waals surface area contributed by atoms with E-state index in [1.165, 1.54) is 4.90 Å². The third-order valence-electron chi connectivity index (χ3n) is 4.78. The number of thioether (sulfide) groups is 1. The molecule has 0 aromatic heterocycles. The molecule has 0 radical (unpaired) electrons. The van der Waals surface area contributed by atoms with Gasteiger partial charge in [-0.05, 0) is 18.6 Å². The van der Waals surface area contributed by atoms with Crippen LogP contribution in [-0.2, 0) is 4.79 Å². The molecule has 0 aliphatic carbocycles. The standard InChI is InChI=1S/C18H27N3O2S/c1-15-6-7-21(16-4-2-3-5-17(16)24-15)18(23)14-20-10-8-19(9-11-20)12-13-22/h2-5,15,22H,6-14H2,1H3. The molecule has 1 unspecified atom stereocenters. The van der Waals surface area contributed by atoms with Gasteiger partial charge in [0.1, 0.15) is 0 Å². The van der Waals surface area contributed by atoms with Crippen molar-refractivity contribution in [3.8, 4) is 0 Å². The van der Waals surface area contributed by atoms with Gasteiger partial charge in [0, 0.05) is 49.4 Å². The Morgan fingerprint density at radius 1 is 1.17 bits per heavy atom. The zero-order chi connectivity index (χ0) is 16.9. The van der Waals surface area contributed by atoms with Gasteiger partial charge >= 0.3 is 0 Å². The lowest BCUT2D eigenvalue weighted by Crippen LogP contribution is -2.50. The second-order valence-corrected chi connectivity index (χ2v) is 8.05. The number of piperazine rings is 1. The molecule has 6 heteroatoms. The molecule has 1 atom stereocenters. The zero-order valence-corrected chi connectivity index (χ0v) is 15.2. The molecule has 2 heterocycles. The maximum atomic E-state index is 12.9. The van der Waals surface area contributed by atoms with Crippen LogP contribution in [0.1, 0.15) is 13.3 Å². The van der Waals surface area contributed by atoms with Crippen molar-refractivity contribution in [3.05, 3.63) is 24.3 Å². The zero-order valence-electron chi connectivity index (χ0n) is 14.4. The molecular weight excluding hydrogens is 322 g/mol. The van der Waals surface area contributed by atoms with E-state index < -0.39 is 0 Å². The highest BCUT2D eigenvalue weighted by molar-refractivity contribution is 8.00. The molecule has 1 saturated heterocycles. The number of rotatable bonds is 4. The van der Waals surface area contributed by atoms with Crippen LogP contribution in [0.2, 0.25) is 0 Å². The van der Waals surface area contributed by atoms with Gasteiger partial charge in [0.2, 0.25) is 5.91 Å². The number of amides is 1. The minimum atomic E-state index is 0.202. The van der Waals surface area contributed by atoms with Crippen LogP contribution < -0.4 is 4.90 Å². The van der Waals surface area contributed by atoms with Crippen LogP contribution >= 0.6 is 11.8 Å². The quantitative estimate of drug-likeness (QED) is 0.893. The molecule has 1 aromatic carbocycles. The Morgan fingerprint density at radius 3 is 2.62 bits per heavy atom. The summed E-state index contributed by atoms with van der Waals surface area (Å²) in [6, 6.07) is 8.25. The SMILES string of the molecule is CC1CCN(C(=O)CN2CCN(CCO)CC2)c2ccccc2S1. The van der Waals surface area contributed by atoms with E-state index in [2.05, 4.69) is 28.9 Å². The maximum Gasteiger partial charge on any atom is 0.241 e. The van der Waals surface area contributed by atoms with Crippen molar-refractivity contribution >= 4 is 23.4 Å². The predicted octanol–water partition coefficient (Wildman–Crippen LogP) is 1.51. The van der Waals surface area contributed by atoms with Gasteiger partial charge in [-0.1, -0.05) is 19.1 Å². The Hall–Kier alpha value is -1.08. The highest BCUT2D eigenvalue weighted by atomic mass is 32.2. The van der Waals surface area contributed by atoms with Crippen molar-refractivity contribution in [1.82, 2.24) is 9.80 Å². The summed E-state index contributed by atoms with van der Waals surface area (Å²) >= 11 is 1.87. The number of nitrogens with zero attached hydrogens (tertiary/aromatic N) is 3. The van der Waals surface area contributed by atoms with Gasteiger partial charge in [-0.3, -0.25) is 14.6 Å². The largest absolute Gasteiger partial charge is 0.395 e. The van der Waals surface area contributed by atoms with Gasteiger partial charge in [-0.25, -0.2) is 0 Å². The molecule has 132 valence electrons. The van der Waals surface area contributed by atoms with E-state index in [9.17, 15) is 4.79 Å². The summed E-state index contributed by atoms with van der Waals surface area (Å²) in [7, 11) is 0. The number of fused-ring (bicyclic) bond motifs is 1. The van der Waals surface area contributed by atoms with E-state index >= 15 is 0 Å². The minimum absolute atomic E-state index is 0.202. The molecular formula is C18H27N3O2S. The van der Waals surface area contributed by atoms with Gasteiger partial charge in [0.05, 0.1) is 18.8 Å². The molecule has 24 heavy (non-hydrogen) atoms. The molecule has 2 aliphatic heterocycles. The molecule has 1 N–H and O–H groups in total. The first kappa shape index (κ1) is 17.7. The number of hydrogen-bond acceptors (Lipinski definition) is 5. The second kappa shape index (κ2) is 8.34. The number of anilines is 1. The van der Waals surface area contributed by atoms with Crippen molar-refractivity contribution in [2.24, 2.45) is 0 Å². The summed E-state index contributed by atoms with van der Waals surface area (Å²) in [5.41, 5.74) is 1.07. The number of hydrogen-bond donors (Lipinski definition) is 1. The van der Waals surface area contributed by atoms with Crippen LogP contribution in [-0.4, -0.2) is 78.5 Å². The van der Waals surface area contributed by atoms with E-state index in [-0.39, 0.29) is 12.5 Å². The van der Waals surface area contributed by atoms with E-state index in [0.29, 0.717) is 11.8 Å². The van der Waals surface area contributed by atoms with Crippen LogP contribution in [0.25, 0.3) is 0 Å². The third kappa shape index (κ3) is 4.30. The molecule has 1 aromatic rings. The number of carbonyl (C=O) groups is 1. The maximum absolute atomic E-state index is 12.9. The number of benzene rings is 1. The minimum Gasteiger partial charge on any atom is -0.395 e. The Morgan fingerprint density at radius 2 is 1.88 bits per heavy atom. The summed E-state index contributed by atoms with van der Waals surface area (Å²) < 4.78 is 0. The molecule has 2 aliphatic rings. The average molecular weight is 349 g/mol.